The molecule has 0 saturated carbocycles. The highest BCUT2D eigenvalue weighted by atomic mass is 35.5. The molecule has 0 aliphatic carbocycles. The fourth-order valence-electron chi connectivity index (χ4n) is 1.82. The Labute approximate surface area is 131 Å². The first-order valence-corrected chi connectivity index (χ1v) is 7.09. The number of hydrogen-bond donors (Lipinski definition) is 1. The third kappa shape index (κ3) is 3.52. The number of halogens is 1. The van der Waals surface area contributed by atoms with Gasteiger partial charge in [-0.05, 0) is 29.0 Å². The third-order valence-electron chi connectivity index (χ3n) is 2.92. The summed E-state index contributed by atoms with van der Waals surface area (Å²) in [5, 5.41) is 7.84. The second kappa shape index (κ2) is 7.19. The molecule has 0 aliphatic heterocycles. The number of nitrogens with one attached hydrogen (secondary N) is 1. The molecule has 1 amide bonds. The summed E-state index contributed by atoms with van der Waals surface area (Å²) >= 11 is 6.15. The Bertz CT molecular complexity index is 725. The standard InChI is InChI=1S/C13H16ClN5O3/c1-3-5-12(20)15-22-8-9-10(14)6-4-7-11(9)19-13(21)18(2)16-17-19/h4,6-7H,3,5,8H2,1-2H3,(H,15,20). The summed E-state index contributed by atoms with van der Waals surface area (Å²) in [7, 11) is 1.50. The zero-order chi connectivity index (χ0) is 16.1. The molecule has 0 radical (unpaired) electrons. The van der Waals surface area contributed by atoms with E-state index < -0.39 is 5.69 Å². The van der Waals surface area contributed by atoms with Gasteiger partial charge in [0.25, 0.3) is 0 Å². The molecule has 9 heteroatoms. The van der Waals surface area contributed by atoms with Crippen LogP contribution in [0.5, 0.6) is 0 Å². The Balaban J connectivity index is 2.22. The van der Waals surface area contributed by atoms with Crippen molar-refractivity contribution in [2.24, 2.45) is 7.05 Å². The maximum absolute atomic E-state index is 11.9. The van der Waals surface area contributed by atoms with Crippen molar-refractivity contribution < 1.29 is 9.63 Å². The van der Waals surface area contributed by atoms with Gasteiger partial charge in [-0.1, -0.05) is 24.6 Å². The van der Waals surface area contributed by atoms with E-state index in [0.717, 1.165) is 15.8 Å². The monoisotopic (exact) mass is 325 g/mol. The summed E-state index contributed by atoms with van der Waals surface area (Å²) in [4.78, 5) is 28.5. The molecule has 1 N–H and O–H groups in total. The average molecular weight is 326 g/mol. The van der Waals surface area contributed by atoms with Gasteiger partial charge in [0, 0.05) is 24.1 Å². The molecule has 0 fully saturated rings. The van der Waals surface area contributed by atoms with E-state index in [2.05, 4.69) is 15.9 Å². The summed E-state index contributed by atoms with van der Waals surface area (Å²) in [6.07, 6.45) is 1.10. The van der Waals surface area contributed by atoms with E-state index in [4.69, 9.17) is 16.4 Å². The molecule has 0 aliphatic rings. The van der Waals surface area contributed by atoms with Crippen LogP contribution in [0, 0.1) is 0 Å². The number of hydroxylamine groups is 1. The van der Waals surface area contributed by atoms with Crippen LogP contribution in [0.2, 0.25) is 5.02 Å². The molecule has 1 heterocycles. The van der Waals surface area contributed by atoms with Crippen LogP contribution in [-0.2, 0) is 23.3 Å². The number of amides is 1. The summed E-state index contributed by atoms with van der Waals surface area (Å²) in [5.41, 5.74) is 2.91. The van der Waals surface area contributed by atoms with Crippen molar-refractivity contribution in [3.63, 3.8) is 0 Å². The number of benzene rings is 1. The number of aryl methyl sites for hydroxylation is 1. The molecule has 0 spiro atoms. The van der Waals surface area contributed by atoms with Crippen molar-refractivity contribution in [2.45, 2.75) is 26.4 Å². The highest BCUT2D eigenvalue weighted by molar-refractivity contribution is 6.31. The number of aromatic nitrogens is 4. The van der Waals surface area contributed by atoms with Gasteiger partial charge in [-0.15, -0.1) is 0 Å². The van der Waals surface area contributed by atoms with Crippen molar-refractivity contribution in [2.75, 3.05) is 0 Å². The van der Waals surface area contributed by atoms with Gasteiger partial charge < -0.3 is 0 Å². The Morgan fingerprint density at radius 2 is 2.18 bits per heavy atom. The largest absolute Gasteiger partial charge is 0.368 e. The minimum absolute atomic E-state index is 0.00742. The van der Waals surface area contributed by atoms with Gasteiger partial charge in [0.05, 0.1) is 5.69 Å². The molecule has 0 saturated heterocycles. The summed E-state index contributed by atoms with van der Waals surface area (Å²) in [5.74, 6) is -0.215. The summed E-state index contributed by atoms with van der Waals surface area (Å²) in [6, 6.07) is 5.03. The van der Waals surface area contributed by atoms with Gasteiger partial charge in [0.15, 0.2) is 0 Å². The van der Waals surface area contributed by atoms with E-state index in [0.29, 0.717) is 22.7 Å². The van der Waals surface area contributed by atoms with E-state index in [1.807, 2.05) is 6.92 Å². The number of rotatable bonds is 6. The number of nitrogens with zero attached hydrogens (tertiary/aromatic N) is 4. The van der Waals surface area contributed by atoms with E-state index in [9.17, 15) is 9.59 Å². The van der Waals surface area contributed by atoms with Gasteiger partial charge in [-0.2, -0.15) is 9.36 Å². The van der Waals surface area contributed by atoms with Crippen molar-refractivity contribution >= 4 is 17.5 Å². The molecule has 0 unspecified atom stereocenters. The molecule has 1 aromatic carbocycles. The SMILES string of the molecule is CCCC(=O)NOCc1c(Cl)cccc1-n1nnn(C)c1=O. The molecular formula is C13H16ClN5O3. The number of carbonyl (C=O) groups is 1. The van der Waals surface area contributed by atoms with Crippen LogP contribution in [0.1, 0.15) is 25.3 Å². The third-order valence-corrected chi connectivity index (χ3v) is 3.28. The number of carbonyl (C=O) groups excluding carboxylic acids is 1. The average Bonchev–Trinajstić information content (AvgIpc) is 2.81. The molecule has 8 nitrogen and oxygen atoms in total. The van der Waals surface area contributed by atoms with E-state index >= 15 is 0 Å². The van der Waals surface area contributed by atoms with Crippen LogP contribution in [0.25, 0.3) is 5.69 Å². The molecule has 0 atom stereocenters. The van der Waals surface area contributed by atoms with Crippen LogP contribution in [0.15, 0.2) is 23.0 Å². The quantitative estimate of drug-likeness (QED) is 0.799. The molecule has 2 rings (SSSR count). The maximum atomic E-state index is 11.9. The van der Waals surface area contributed by atoms with Crippen LogP contribution in [0.3, 0.4) is 0 Å². The van der Waals surface area contributed by atoms with E-state index in [1.54, 1.807) is 18.2 Å². The second-order valence-electron chi connectivity index (χ2n) is 4.60. The van der Waals surface area contributed by atoms with Crippen LogP contribution in [0.4, 0.5) is 0 Å². The van der Waals surface area contributed by atoms with Gasteiger partial charge in [0.1, 0.15) is 6.61 Å². The van der Waals surface area contributed by atoms with E-state index in [-0.39, 0.29) is 12.5 Å². The fraction of sp³-hybridized carbons (Fsp3) is 0.385. The Morgan fingerprint density at radius 1 is 1.41 bits per heavy atom. The Hall–Kier alpha value is -2.19. The smallest absolute Gasteiger partial charge is 0.273 e. The van der Waals surface area contributed by atoms with Crippen molar-refractivity contribution in [3.05, 3.63) is 39.3 Å². The molecule has 0 bridgehead atoms. The number of tetrazole rings is 1. The zero-order valence-corrected chi connectivity index (χ0v) is 13.0. The van der Waals surface area contributed by atoms with Crippen LogP contribution < -0.4 is 11.2 Å². The first kappa shape index (κ1) is 16.2. The minimum atomic E-state index is -0.404. The van der Waals surface area contributed by atoms with Crippen LogP contribution in [-0.4, -0.2) is 25.7 Å². The van der Waals surface area contributed by atoms with Crippen molar-refractivity contribution in [3.8, 4) is 5.69 Å². The first-order valence-electron chi connectivity index (χ1n) is 6.72. The Morgan fingerprint density at radius 3 is 2.82 bits per heavy atom. The first-order chi connectivity index (χ1) is 10.5. The van der Waals surface area contributed by atoms with Gasteiger partial charge in [0.2, 0.25) is 5.91 Å². The fourth-order valence-corrected chi connectivity index (χ4v) is 2.04. The second-order valence-corrected chi connectivity index (χ2v) is 5.01. The molecule has 118 valence electrons. The minimum Gasteiger partial charge on any atom is -0.273 e. The maximum Gasteiger partial charge on any atom is 0.368 e. The van der Waals surface area contributed by atoms with Crippen molar-refractivity contribution in [1.29, 1.82) is 0 Å². The predicted octanol–water partition coefficient (Wildman–Crippen LogP) is 0.967. The van der Waals surface area contributed by atoms with Gasteiger partial charge >= 0.3 is 5.69 Å². The summed E-state index contributed by atoms with van der Waals surface area (Å²) in [6.45, 7) is 1.90. The topological polar surface area (TPSA) is 91.0 Å². The number of hydrogen-bond acceptors (Lipinski definition) is 5. The van der Waals surface area contributed by atoms with Gasteiger partial charge in [-0.25, -0.2) is 10.3 Å². The highest BCUT2D eigenvalue weighted by Gasteiger charge is 2.14. The van der Waals surface area contributed by atoms with Crippen LogP contribution >= 0.6 is 11.6 Å². The predicted molar refractivity (Wildman–Crippen MR) is 79.4 cm³/mol. The zero-order valence-electron chi connectivity index (χ0n) is 12.2. The normalized spacial score (nSPS) is 10.7. The van der Waals surface area contributed by atoms with Gasteiger partial charge in [-0.3, -0.25) is 9.63 Å². The molecule has 1 aromatic heterocycles. The van der Waals surface area contributed by atoms with Crippen molar-refractivity contribution in [1.82, 2.24) is 25.3 Å². The molecule has 22 heavy (non-hydrogen) atoms. The summed E-state index contributed by atoms with van der Waals surface area (Å²) < 4.78 is 2.23. The Kier molecular flexibility index (Phi) is 5.29. The lowest BCUT2D eigenvalue weighted by Crippen LogP contribution is -2.25. The lowest BCUT2D eigenvalue weighted by Gasteiger charge is -2.11. The molecular weight excluding hydrogens is 310 g/mol. The lowest BCUT2D eigenvalue weighted by atomic mass is 10.2. The highest BCUT2D eigenvalue weighted by Crippen LogP contribution is 2.22. The lowest BCUT2D eigenvalue weighted by molar-refractivity contribution is -0.134. The van der Waals surface area contributed by atoms with E-state index in [1.165, 1.54) is 7.05 Å². The molecule has 2 aromatic rings.